The molecule has 190 valence electrons. The fourth-order valence-corrected chi connectivity index (χ4v) is 4.21. The minimum Gasteiger partial charge on any atom is -0.507 e. The Hall–Kier alpha value is -4.79. The van der Waals surface area contributed by atoms with Crippen LogP contribution in [-0.4, -0.2) is 44.1 Å². The van der Waals surface area contributed by atoms with E-state index in [0.29, 0.717) is 28.5 Å². The summed E-state index contributed by atoms with van der Waals surface area (Å²) < 4.78 is 21.0. The summed E-state index contributed by atoms with van der Waals surface area (Å²) in [5.74, 6) is -1.03. The van der Waals surface area contributed by atoms with E-state index in [-0.39, 0.29) is 16.9 Å². The summed E-state index contributed by atoms with van der Waals surface area (Å²) in [7, 11) is 4.45. The second-order valence-corrected chi connectivity index (χ2v) is 8.10. The molecule has 3 aromatic rings. The van der Waals surface area contributed by atoms with Gasteiger partial charge in [0.25, 0.3) is 11.7 Å². The Morgan fingerprint density at radius 3 is 2.16 bits per heavy atom. The van der Waals surface area contributed by atoms with Gasteiger partial charge < -0.3 is 24.1 Å². The number of amides is 1. The molecule has 1 aliphatic heterocycles. The third-order valence-electron chi connectivity index (χ3n) is 5.89. The molecule has 0 radical (unpaired) electrons. The highest BCUT2D eigenvalue weighted by Gasteiger charge is 2.47. The van der Waals surface area contributed by atoms with E-state index in [4.69, 9.17) is 18.9 Å². The number of ketones is 1. The Labute approximate surface area is 213 Å². The van der Waals surface area contributed by atoms with Crippen molar-refractivity contribution in [2.75, 3.05) is 26.2 Å². The highest BCUT2D eigenvalue weighted by molar-refractivity contribution is 6.51. The molecule has 9 heteroatoms. The number of carbonyl (C=O) groups excluding carboxylic acids is 3. The molecule has 1 amide bonds. The molecule has 4 rings (SSSR count). The first-order chi connectivity index (χ1) is 17.8. The van der Waals surface area contributed by atoms with Gasteiger partial charge in [0, 0.05) is 18.2 Å². The van der Waals surface area contributed by atoms with Crippen LogP contribution in [0.25, 0.3) is 5.76 Å². The van der Waals surface area contributed by atoms with Crippen molar-refractivity contribution in [3.63, 3.8) is 0 Å². The van der Waals surface area contributed by atoms with Gasteiger partial charge in [-0.2, -0.15) is 0 Å². The molecule has 1 fully saturated rings. The van der Waals surface area contributed by atoms with E-state index < -0.39 is 29.5 Å². The molecular formula is C28H25NO8. The number of benzene rings is 3. The van der Waals surface area contributed by atoms with Crippen molar-refractivity contribution >= 4 is 29.1 Å². The van der Waals surface area contributed by atoms with Gasteiger partial charge in [0.15, 0.2) is 11.5 Å². The Morgan fingerprint density at radius 2 is 1.54 bits per heavy atom. The first-order valence-corrected chi connectivity index (χ1v) is 11.2. The number of aliphatic hydroxyl groups excluding tert-OH is 1. The van der Waals surface area contributed by atoms with Crippen molar-refractivity contribution in [2.45, 2.75) is 13.0 Å². The Bertz CT molecular complexity index is 1390. The SMILES string of the molecule is COc1ccc(N2C(=O)C(=O)/C(=C(/O)c3ccc(OC)c(OC)c3)C2c2cccc(OC(C)=O)c2)cc1. The van der Waals surface area contributed by atoms with E-state index in [1.165, 1.54) is 39.2 Å². The minimum atomic E-state index is -1.02. The van der Waals surface area contributed by atoms with Gasteiger partial charge in [0.1, 0.15) is 17.3 Å². The Kier molecular flexibility index (Phi) is 7.15. The molecule has 1 atom stereocenters. The van der Waals surface area contributed by atoms with Gasteiger partial charge >= 0.3 is 5.97 Å². The number of ether oxygens (including phenoxy) is 4. The van der Waals surface area contributed by atoms with Crippen LogP contribution in [-0.2, 0) is 14.4 Å². The van der Waals surface area contributed by atoms with Gasteiger partial charge in [-0.05, 0) is 60.2 Å². The van der Waals surface area contributed by atoms with Gasteiger partial charge in [-0.15, -0.1) is 0 Å². The van der Waals surface area contributed by atoms with E-state index in [1.807, 2.05) is 0 Å². The van der Waals surface area contributed by atoms with Crippen molar-refractivity contribution in [3.05, 3.63) is 83.4 Å². The van der Waals surface area contributed by atoms with Crippen molar-refractivity contribution in [1.29, 1.82) is 0 Å². The van der Waals surface area contributed by atoms with Gasteiger partial charge in [-0.1, -0.05) is 12.1 Å². The summed E-state index contributed by atoms with van der Waals surface area (Å²) in [6, 6.07) is 16.7. The summed E-state index contributed by atoms with van der Waals surface area (Å²) in [5, 5.41) is 11.4. The monoisotopic (exact) mass is 503 g/mol. The third kappa shape index (κ3) is 4.84. The van der Waals surface area contributed by atoms with Crippen LogP contribution in [0.5, 0.6) is 23.0 Å². The molecule has 1 N–H and O–H groups in total. The number of hydrogen-bond donors (Lipinski definition) is 1. The zero-order valence-electron chi connectivity index (χ0n) is 20.7. The number of esters is 1. The second-order valence-electron chi connectivity index (χ2n) is 8.10. The minimum absolute atomic E-state index is 0.131. The number of anilines is 1. The van der Waals surface area contributed by atoms with Gasteiger partial charge in [0.2, 0.25) is 0 Å². The van der Waals surface area contributed by atoms with Gasteiger partial charge in [0.05, 0.1) is 32.9 Å². The lowest BCUT2D eigenvalue weighted by molar-refractivity contribution is -0.132. The topological polar surface area (TPSA) is 112 Å². The quantitative estimate of drug-likeness (QED) is 0.167. The number of nitrogens with zero attached hydrogens (tertiary/aromatic N) is 1. The summed E-state index contributed by atoms with van der Waals surface area (Å²) in [6.45, 7) is 1.27. The normalized spacial score (nSPS) is 16.4. The maximum atomic E-state index is 13.4. The highest BCUT2D eigenvalue weighted by atomic mass is 16.5. The predicted octanol–water partition coefficient (Wildman–Crippen LogP) is 4.26. The Morgan fingerprint density at radius 1 is 0.838 bits per heavy atom. The predicted molar refractivity (Wildman–Crippen MR) is 135 cm³/mol. The molecule has 0 aliphatic carbocycles. The van der Waals surface area contributed by atoms with E-state index in [0.717, 1.165) is 0 Å². The second kappa shape index (κ2) is 10.4. The number of Topliss-reactive ketones (excluding diaryl/α,β-unsaturated/α-hetero) is 1. The summed E-state index contributed by atoms with van der Waals surface area (Å²) >= 11 is 0. The molecule has 0 bridgehead atoms. The molecule has 9 nitrogen and oxygen atoms in total. The van der Waals surface area contributed by atoms with Crippen molar-refractivity contribution in [2.24, 2.45) is 0 Å². The number of hydrogen-bond acceptors (Lipinski definition) is 8. The molecule has 0 spiro atoms. The van der Waals surface area contributed by atoms with Crippen LogP contribution in [0.2, 0.25) is 0 Å². The van der Waals surface area contributed by atoms with Gasteiger partial charge in [-0.3, -0.25) is 19.3 Å². The lowest BCUT2D eigenvalue weighted by Crippen LogP contribution is -2.29. The van der Waals surface area contributed by atoms with Crippen molar-refractivity contribution in [3.8, 4) is 23.0 Å². The third-order valence-corrected chi connectivity index (χ3v) is 5.89. The average Bonchev–Trinajstić information content (AvgIpc) is 3.17. The lowest BCUT2D eigenvalue weighted by atomic mass is 9.94. The highest BCUT2D eigenvalue weighted by Crippen LogP contribution is 2.43. The zero-order chi connectivity index (χ0) is 26.7. The van der Waals surface area contributed by atoms with Crippen LogP contribution in [0.3, 0.4) is 0 Å². The van der Waals surface area contributed by atoms with Crippen LogP contribution in [0.1, 0.15) is 24.1 Å². The first-order valence-electron chi connectivity index (χ1n) is 11.2. The molecular weight excluding hydrogens is 478 g/mol. The van der Waals surface area contributed by atoms with Crippen molar-refractivity contribution < 1.29 is 38.4 Å². The summed E-state index contributed by atoms with van der Waals surface area (Å²) in [4.78, 5) is 39.6. The van der Waals surface area contributed by atoms with Crippen LogP contribution in [0, 0.1) is 0 Å². The fraction of sp³-hybridized carbons (Fsp3) is 0.179. The van der Waals surface area contributed by atoms with Crippen LogP contribution < -0.4 is 23.8 Å². The molecule has 1 saturated heterocycles. The molecule has 3 aromatic carbocycles. The van der Waals surface area contributed by atoms with Crippen molar-refractivity contribution in [1.82, 2.24) is 0 Å². The summed E-state index contributed by atoms with van der Waals surface area (Å²) in [6.07, 6.45) is 0. The number of rotatable bonds is 7. The lowest BCUT2D eigenvalue weighted by Gasteiger charge is -2.26. The maximum absolute atomic E-state index is 13.4. The summed E-state index contributed by atoms with van der Waals surface area (Å²) in [5.41, 5.74) is 0.993. The smallest absolute Gasteiger partial charge is 0.308 e. The van der Waals surface area contributed by atoms with E-state index in [9.17, 15) is 19.5 Å². The molecule has 0 aromatic heterocycles. The van der Waals surface area contributed by atoms with Crippen LogP contribution in [0.15, 0.2) is 72.3 Å². The maximum Gasteiger partial charge on any atom is 0.308 e. The van der Waals surface area contributed by atoms with Crippen LogP contribution in [0.4, 0.5) is 5.69 Å². The largest absolute Gasteiger partial charge is 0.507 e. The van der Waals surface area contributed by atoms with E-state index >= 15 is 0 Å². The van der Waals surface area contributed by atoms with Gasteiger partial charge in [-0.25, -0.2) is 0 Å². The molecule has 1 heterocycles. The zero-order valence-corrected chi connectivity index (χ0v) is 20.7. The first kappa shape index (κ1) is 25.3. The molecule has 0 saturated carbocycles. The number of carbonyl (C=O) groups is 3. The fourth-order valence-electron chi connectivity index (χ4n) is 4.21. The van der Waals surface area contributed by atoms with E-state index in [2.05, 4.69) is 0 Å². The number of aliphatic hydroxyl groups is 1. The number of methoxy groups -OCH3 is 3. The molecule has 1 aliphatic rings. The Balaban J connectivity index is 1.93. The average molecular weight is 504 g/mol. The molecule has 1 unspecified atom stereocenters. The molecule has 37 heavy (non-hydrogen) atoms. The van der Waals surface area contributed by atoms with Crippen LogP contribution >= 0.6 is 0 Å². The van der Waals surface area contributed by atoms with E-state index in [1.54, 1.807) is 60.7 Å². The standard InChI is InChI=1S/C28H25NO8/c1-16(30)37-21-7-5-6-17(14-21)25-24(26(31)18-8-13-22(35-3)23(15-18)36-4)27(32)28(33)29(25)19-9-11-20(34-2)12-10-19/h5-15,25,31H,1-4H3/b26-24+.